The molecule has 0 radical (unpaired) electrons. The Morgan fingerprint density at radius 2 is 0.923 bits per heavy atom. The summed E-state index contributed by atoms with van der Waals surface area (Å²) >= 11 is 5.74. The summed E-state index contributed by atoms with van der Waals surface area (Å²) in [5.41, 5.74) is 3.22. The minimum Gasteiger partial charge on any atom is -0.493 e. The van der Waals surface area contributed by atoms with Crippen molar-refractivity contribution < 1.29 is 9.47 Å². The summed E-state index contributed by atoms with van der Waals surface area (Å²) in [6.45, 7) is 10.7. The average molecular weight is 589 g/mol. The van der Waals surface area contributed by atoms with Crippen molar-refractivity contribution in [2.45, 2.75) is 130 Å². The van der Waals surface area contributed by atoms with Crippen molar-refractivity contribution in [2.24, 2.45) is 0 Å². The summed E-state index contributed by atoms with van der Waals surface area (Å²) in [4.78, 5) is 5.73. The predicted octanol–water partition coefficient (Wildman–Crippen LogP) is 12.6. The molecular formula is C34H52O2S3. The molecule has 0 aliphatic carbocycles. The Kier molecular flexibility index (Phi) is 15.6. The Balaban J connectivity index is 1.91. The van der Waals surface area contributed by atoms with Gasteiger partial charge in [0.25, 0.3) is 0 Å². The van der Waals surface area contributed by atoms with Gasteiger partial charge in [0.2, 0.25) is 0 Å². The lowest BCUT2D eigenvalue weighted by molar-refractivity contribution is 0.307. The van der Waals surface area contributed by atoms with Crippen molar-refractivity contribution in [3.8, 4) is 31.0 Å². The average Bonchev–Trinajstić information content (AvgIpc) is 3.69. The van der Waals surface area contributed by atoms with Crippen LogP contribution in [0.15, 0.2) is 22.9 Å². The fourth-order valence-corrected chi connectivity index (χ4v) is 8.34. The lowest BCUT2D eigenvalue weighted by Crippen LogP contribution is -1.96. The standard InChI is InChI=1S/C34H52O2S3/c1-5-9-13-15-19-29-30(20-16-14-10-6-2)34(32-24-28(26-38-32)36-22-18-12-8-4)39-33(29)31-23-27(25-37-31)35-21-17-11-7-3/h23-26H,5-22H2,1-4H3. The van der Waals surface area contributed by atoms with Gasteiger partial charge in [-0.15, -0.1) is 34.0 Å². The first-order valence-electron chi connectivity index (χ1n) is 15.8. The van der Waals surface area contributed by atoms with Gasteiger partial charge in [0.1, 0.15) is 11.5 Å². The molecule has 0 saturated heterocycles. The fraction of sp³-hybridized carbons (Fsp3) is 0.647. The normalized spacial score (nSPS) is 11.4. The Morgan fingerprint density at radius 1 is 0.513 bits per heavy atom. The van der Waals surface area contributed by atoms with Gasteiger partial charge in [0.15, 0.2) is 0 Å². The highest BCUT2D eigenvalue weighted by Gasteiger charge is 2.22. The Labute approximate surface area is 251 Å². The maximum atomic E-state index is 6.14. The number of hydrogen-bond acceptors (Lipinski definition) is 5. The molecule has 3 aromatic heterocycles. The molecular weight excluding hydrogens is 537 g/mol. The van der Waals surface area contributed by atoms with Gasteiger partial charge in [0, 0.05) is 30.3 Å². The van der Waals surface area contributed by atoms with E-state index in [2.05, 4.69) is 50.6 Å². The van der Waals surface area contributed by atoms with Crippen molar-refractivity contribution >= 4 is 34.0 Å². The molecule has 0 fully saturated rings. The lowest BCUT2D eigenvalue weighted by atomic mass is 9.96. The number of ether oxygens (including phenoxy) is 2. The Hall–Kier alpha value is -1.30. The SMILES string of the molecule is CCCCCCc1c(-c2cc(OCCCCC)cs2)sc(-c2cc(OCCCCC)cs2)c1CCCCCC. The molecule has 0 bridgehead atoms. The monoisotopic (exact) mass is 588 g/mol. The van der Waals surface area contributed by atoms with Gasteiger partial charge in [-0.25, -0.2) is 0 Å². The van der Waals surface area contributed by atoms with E-state index in [9.17, 15) is 0 Å². The smallest absolute Gasteiger partial charge is 0.130 e. The summed E-state index contributed by atoms with van der Waals surface area (Å²) in [6, 6.07) is 4.61. The van der Waals surface area contributed by atoms with Crippen molar-refractivity contribution in [2.75, 3.05) is 13.2 Å². The third-order valence-electron chi connectivity index (χ3n) is 7.31. The van der Waals surface area contributed by atoms with Crippen LogP contribution in [0, 0.1) is 0 Å². The largest absolute Gasteiger partial charge is 0.493 e. The van der Waals surface area contributed by atoms with Crippen molar-refractivity contribution in [1.82, 2.24) is 0 Å². The summed E-state index contributed by atoms with van der Waals surface area (Å²) in [5.74, 6) is 2.09. The summed E-state index contributed by atoms with van der Waals surface area (Å²) in [6.07, 6.45) is 20.0. The zero-order chi connectivity index (χ0) is 27.7. The molecule has 0 unspecified atom stereocenters. The van der Waals surface area contributed by atoms with E-state index in [1.807, 2.05) is 34.0 Å². The van der Waals surface area contributed by atoms with E-state index in [0.29, 0.717) is 0 Å². The van der Waals surface area contributed by atoms with Crippen molar-refractivity contribution in [3.05, 3.63) is 34.0 Å². The minimum atomic E-state index is 0.822. The van der Waals surface area contributed by atoms with Crippen molar-refractivity contribution in [3.63, 3.8) is 0 Å². The highest BCUT2D eigenvalue weighted by atomic mass is 32.1. The summed E-state index contributed by atoms with van der Waals surface area (Å²) in [5, 5.41) is 4.44. The first-order valence-corrected chi connectivity index (χ1v) is 18.4. The molecule has 0 atom stereocenters. The van der Waals surface area contributed by atoms with Crippen LogP contribution in [-0.2, 0) is 12.8 Å². The molecule has 3 rings (SSSR count). The molecule has 2 nitrogen and oxygen atoms in total. The third kappa shape index (κ3) is 10.6. The molecule has 0 N–H and O–H groups in total. The van der Waals surface area contributed by atoms with E-state index in [1.54, 1.807) is 11.1 Å². The first-order chi connectivity index (χ1) is 19.2. The number of hydrogen-bond donors (Lipinski definition) is 0. The predicted molar refractivity (Wildman–Crippen MR) is 177 cm³/mol. The van der Waals surface area contributed by atoms with Crippen LogP contribution in [-0.4, -0.2) is 13.2 Å². The molecule has 3 aromatic rings. The third-order valence-corrected chi connectivity index (χ3v) is 10.8. The Bertz CT molecular complexity index is 964. The fourth-order valence-electron chi connectivity index (χ4n) is 4.99. The van der Waals surface area contributed by atoms with Crippen LogP contribution >= 0.6 is 34.0 Å². The quantitative estimate of drug-likeness (QED) is 0.109. The van der Waals surface area contributed by atoms with Crippen molar-refractivity contribution in [1.29, 1.82) is 0 Å². The minimum absolute atomic E-state index is 0.822. The zero-order valence-electron chi connectivity index (χ0n) is 25.1. The van der Waals surface area contributed by atoms with E-state index in [4.69, 9.17) is 9.47 Å². The molecule has 0 aliphatic rings. The molecule has 218 valence electrons. The number of rotatable bonds is 22. The van der Waals surface area contributed by atoms with Gasteiger partial charge in [-0.2, -0.15) is 0 Å². The van der Waals surface area contributed by atoms with Crippen LogP contribution in [0.2, 0.25) is 0 Å². The molecule has 0 aromatic carbocycles. The van der Waals surface area contributed by atoms with Gasteiger partial charge in [-0.1, -0.05) is 91.9 Å². The van der Waals surface area contributed by atoms with Gasteiger partial charge < -0.3 is 9.47 Å². The molecule has 0 amide bonds. The maximum absolute atomic E-state index is 6.14. The maximum Gasteiger partial charge on any atom is 0.130 e. The second-order valence-electron chi connectivity index (χ2n) is 10.7. The van der Waals surface area contributed by atoms with Crippen LogP contribution < -0.4 is 9.47 Å². The Morgan fingerprint density at radius 3 is 1.33 bits per heavy atom. The van der Waals surface area contributed by atoms with E-state index in [-0.39, 0.29) is 0 Å². The van der Waals surface area contributed by atoms with Crippen LogP contribution in [0.3, 0.4) is 0 Å². The molecule has 5 heteroatoms. The van der Waals surface area contributed by atoms with E-state index in [0.717, 1.165) is 37.6 Å². The van der Waals surface area contributed by atoms with Crippen LogP contribution in [0.4, 0.5) is 0 Å². The van der Waals surface area contributed by atoms with Crippen LogP contribution in [0.25, 0.3) is 19.5 Å². The van der Waals surface area contributed by atoms with Gasteiger partial charge in [0.05, 0.1) is 13.2 Å². The first kappa shape index (κ1) is 32.2. The van der Waals surface area contributed by atoms with E-state index in [1.165, 1.54) is 109 Å². The molecule has 0 spiro atoms. The van der Waals surface area contributed by atoms with Crippen LogP contribution in [0.1, 0.15) is 129 Å². The topological polar surface area (TPSA) is 18.5 Å². The summed E-state index contributed by atoms with van der Waals surface area (Å²) in [7, 11) is 0. The molecule has 39 heavy (non-hydrogen) atoms. The second kappa shape index (κ2) is 18.9. The van der Waals surface area contributed by atoms with Crippen LogP contribution in [0.5, 0.6) is 11.5 Å². The molecule has 0 aliphatic heterocycles. The van der Waals surface area contributed by atoms with Gasteiger partial charge >= 0.3 is 0 Å². The lowest BCUT2D eigenvalue weighted by Gasteiger charge is -2.09. The number of thiophene rings is 3. The van der Waals surface area contributed by atoms with E-state index < -0.39 is 0 Å². The highest BCUT2D eigenvalue weighted by molar-refractivity contribution is 7.26. The van der Waals surface area contributed by atoms with Gasteiger partial charge in [-0.05, 0) is 61.8 Å². The van der Waals surface area contributed by atoms with Gasteiger partial charge in [-0.3, -0.25) is 0 Å². The summed E-state index contributed by atoms with van der Waals surface area (Å²) < 4.78 is 12.3. The molecule has 0 saturated carbocycles. The van der Waals surface area contributed by atoms with E-state index >= 15 is 0 Å². The molecule has 3 heterocycles. The number of unbranched alkanes of at least 4 members (excludes halogenated alkanes) is 10. The highest BCUT2D eigenvalue weighted by Crippen LogP contribution is 2.48. The zero-order valence-corrected chi connectivity index (χ0v) is 27.5. The second-order valence-corrected chi connectivity index (χ2v) is 13.6.